The van der Waals surface area contributed by atoms with Crippen molar-refractivity contribution < 1.29 is 27.1 Å². The molecule has 2 aromatic carbocycles. The predicted octanol–water partition coefficient (Wildman–Crippen LogP) is 5.53. The normalized spacial score (nSPS) is 25.1. The van der Waals surface area contributed by atoms with Gasteiger partial charge in [-0.1, -0.05) is 6.07 Å². The molecule has 154 valence electrons. The lowest BCUT2D eigenvalue weighted by Crippen LogP contribution is -2.43. The van der Waals surface area contributed by atoms with E-state index in [1.807, 2.05) is 0 Å². The lowest BCUT2D eigenvalue weighted by molar-refractivity contribution is 0.348. The molecule has 2 aliphatic rings. The fraction of sp³-hybridized carbons (Fsp3) is 0.143. The number of aliphatic hydroxyl groups excluding tert-OH is 1. The van der Waals surface area contributed by atoms with Gasteiger partial charge >= 0.3 is 0 Å². The molecule has 1 saturated heterocycles. The van der Waals surface area contributed by atoms with E-state index >= 15 is 0 Å². The fourth-order valence-corrected chi connectivity index (χ4v) is 4.28. The van der Waals surface area contributed by atoms with Crippen LogP contribution in [0.15, 0.2) is 64.8 Å². The molecule has 3 aromatic rings. The molecule has 4 nitrogen and oxygen atoms in total. The zero-order valence-electron chi connectivity index (χ0n) is 15.0. The van der Waals surface area contributed by atoms with Crippen molar-refractivity contribution in [2.24, 2.45) is 0 Å². The second-order valence-electron chi connectivity index (χ2n) is 7.18. The summed E-state index contributed by atoms with van der Waals surface area (Å²) in [7, 11) is 0. The molecule has 2 N–H and O–H groups in total. The Hall–Kier alpha value is -2.97. The Morgan fingerprint density at radius 1 is 0.967 bits per heavy atom. The first-order valence-corrected chi connectivity index (χ1v) is 9.33. The van der Waals surface area contributed by atoms with Gasteiger partial charge in [0.25, 0.3) is 0 Å². The number of nitrogens with one attached hydrogen (secondary N) is 1. The van der Waals surface area contributed by atoms with E-state index in [1.165, 1.54) is 29.3 Å². The van der Waals surface area contributed by atoms with Crippen LogP contribution in [0.2, 0.25) is 5.22 Å². The van der Waals surface area contributed by atoms with E-state index in [-0.39, 0.29) is 22.2 Å². The summed E-state index contributed by atoms with van der Waals surface area (Å²) < 4.78 is 61.7. The number of rotatable bonds is 3. The maximum atomic E-state index is 14.7. The van der Waals surface area contributed by atoms with E-state index < -0.39 is 40.8 Å². The van der Waals surface area contributed by atoms with Crippen molar-refractivity contribution in [3.05, 3.63) is 100 Å². The summed E-state index contributed by atoms with van der Waals surface area (Å²) >= 11 is 5.93. The van der Waals surface area contributed by atoms with Gasteiger partial charge < -0.3 is 9.52 Å². The Kier molecular flexibility index (Phi) is 4.13. The molecule has 3 unspecified atom stereocenters. The number of furan rings is 1. The summed E-state index contributed by atoms with van der Waals surface area (Å²) in [6, 6.07) is 8.23. The Balaban J connectivity index is 1.68. The van der Waals surface area contributed by atoms with Crippen molar-refractivity contribution >= 4 is 17.3 Å². The molecule has 0 amide bonds. The van der Waals surface area contributed by atoms with Crippen molar-refractivity contribution in [3.63, 3.8) is 0 Å². The highest BCUT2D eigenvalue weighted by atomic mass is 35.5. The molecule has 1 spiro atoms. The van der Waals surface area contributed by atoms with Gasteiger partial charge in [0.1, 0.15) is 34.5 Å². The van der Waals surface area contributed by atoms with Gasteiger partial charge in [-0.2, -0.15) is 0 Å². The summed E-state index contributed by atoms with van der Waals surface area (Å²) in [5, 5.41) is 11.8. The molecule has 2 heterocycles. The highest BCUT2D eigenvalue weighted by Gasteiger charge is 2.66. The summed E-state index contributed by atoms with van der Waals surface area (Å²) in [5.74, 6) is -3.83. The Morgan fingerprint density at radius 3 is 2.20 bits per heavy atom. The largest absolute Gasteiger partial charge is 0.510 e. The number of hydrogen-bond acceptors (Lipinski definition) is 4. The highest BCUT2D eigenvalue weighted by molar-refractivity contribution is 6.28. The quantitative estimate of drug-likeness (QED) is 0.530. The lowest BCUT2D eigenvalue weighted by Gasteiger charge is -2.29. The number of benzene rings is 2. The Labute approximate surface area is 173 Å². The molecule has 0 bridgehead atoms. The minimum Gasteiger partial charge on any atom is -0.510 e. The standard InChI is InChI=1S/C21H13ClF4N2O2/c22-18-6-5-16(30-18)19-20(12-3-1-10(23)7-13(12)25)27-28(21(19)9-17(21)29)15-4-2-11(24)8-14(15)26/h1-9,19-20,27,29H. The third-order valence-electron chi connectivity index (χ3n) is 5.48. The van der Waals surface area contributed by atoms with Crippen molar-refractivity contribution in [1.82, 2.24) is 5.43 Å². The van der Waals surface area contributed by atoms with Crippen molar-refractivity contribution in [2.45, 2.75) is 17.5 Å². The minimum atomic E-state index is -1.30. The molecule has 1 aromatic heterocycles. The molecule has 1 aliphatic carbocycles. The fourth-order valence-electron chi connectivity index (χ4n) is 4.13. The van der Waals surface area contributed by atoms with Gasteiger partial charge in [0.2, 0.25) is 0 Å². The number of aliphatic hydroxyl groups is 1. The van der Waals surface area contributed by atoms with E-state index in [9.17, 15) is 22.7 Å². The SMILES string of the molecule is OC1=CC12C(c1ccc(Cl)o1)C(c1ccc(F)cc1F)NN2c1ccc(F)cc1F. The first-order valence-electron chi connectivity index (χ1n) is 8.95. The molecule has 9 heteroatoms. The average molecular weight is 437 g/mol. The van der Waals surface area contributed by atoms with Crippen molar-refractivity contribution in [3.8, 4) is 0 Å². The molecular formula is C21H13ClF4N2O2. The van der Waals surface area contributed by atoms with Gasteiger partial charge in [0, 0.05) is 17.7 Å². The van der Waals surface area contributed by atoms with Gasteiger partial charge in [0.05, 0.1) is 17.6 Å². The van der Waals surface area contributed by atoms with E-state index in [1.54, 1.807) is 6.07 Å². The zero-order chi connectivity index (χ0) is 21.2. The lowest BCUT2D eigenvalue weighted by atomic mass is 9.83. The zero-order valence-corrected chi connectivity index (χ0v) is 15.8. The Morgan fingerprint density at radius 2 is 1.63 bits per heavy atom. The first-order chi connectivity index (χ1) is 14.3. The smallest absolute Gasteiger partial charge is 0.193 e. The van der Waals surface area contributed by atoms with Gasteiger partial charge in [-0.3, -0.25) is 5.01 Å². The summed E-state index contributed by atoms with van der Waals surface area (Å²) in [5.41, 5.74) is 1.69. The third kappa shape index (κ3) is 2.71. The topological polar surface area (TPSA) is 48.6 Å². The maximum absolute atomic E-state index is 14.7. The number of halogens is 5. The van der Waals surface area contributed by atoms with Crippen LogP contribution < -0.4 is 10.4 Å². The number of hydrazine groups is 1. The van der Waals surface area contributed by atoms with Crippen LogP contribution in [0, 0.1) is 23.3 Å². The van der Waals surface area contributed by atoms with E-state index in [0.29, 0.717) is 11.8 Å². The minimum absolute atomic E-state index is 0.0654. The number of hydrogen-bond donors (Lipinski definition) is 2. The van der Waals surface area contributed by atoms with Crippen LogP contribution in [0.4, 0.5) is 23.2 Å². The van der Waals surface area contributed by atoms with Crippen molar-refractivity contribution in [2.75, 3.05) is 5.01 Å². The summed E-state index contributed by atoms with van der Waals surface area (Å²) in [6.07, 6.45) is 1.45. The van der Waals surface area contributed by atoms with Gasteiger partial charge in [0.15, 0.2) is 11.0 Å². The van der Waals surface area contributed by atoms with Crippen LogP contribution in [0.5, 0.6) is 0 Å². The van der Waals surface area contributed by atoms with Crippen LogP contribution in [0.25, 0.3) is 0 Å². The van der Waals surface area contributed by atoms with Gasteiger partial charge in [-0.05, 0) is 48.0 Å². The summed E-state index contributed by atoms with van der Waals surface area (Å²) in [4.78, 5) is 0. The van der Waals surface area contributed by atoms with E-state index in [4.69, 9.17) is 16.0 Å². The molecular weight excluding hydrogens is 424 g/mol. The molecule has 1 aliphatic heterocycles. The van der Waals surface area contributed by atoms with Crippen LogP contribution in [0.1, 0.15) is 23.3 Å². The average Bonchev–Trinajstić information content (AvgIpc) is 3.00. The molecule has 5 rings (SSSR count). The van der Waals surface area contributed by atoms with Gasteiger partial charge in [-0.15, -0.1) is 0 Å². The molecule has 1 fully saturated rings. The highest BCUT2D eigenvalue weighted by Crippen LogP contribution is 2.59. The first kappa shape index (κ1) is 19.0. The number of anilines is 1. The number of nitrogens with zero attached hydrogens (tertiary/aromatic N) is 1. The van der Waals surface area contributed by atoms with Gasteiger partial charge in [-0.25, -0.2) is 23.0 Å². The van der Waals surface area contributed by atoms with Crippen LogP contribution in [-0.4, -0.2) is 10.6 Å². The molecule has 3 atom stereocenters. The molecule has 30 heavy (non-hydrogen) atoms. The van der Waals surface area contributed by atoms with E-state index in [0.717, 1.165) is 18.2 Å². The second-order valence-corrected chi connectivity index (χ2v) is 7.55. The molecule has 0 saturated carbocycles. The van der Waals surface area contributed by atoms with Crippen LogP contribution in [-0.2, 0) is 0 Å². The maximum Gasteiger partial charge on any atom is 0.193 e. The van der Waals surface area contributed by atoms with Crippen LogP contribution >= 0.6 is 11.6 Å². The van der Waals surface area contributed by atoms with E-state index in [2.05, 4.69) is 5.43 Å². The Bertz CT molecular complexity index is 1200. The second kappa shape index (κ2) is 6.52. The summed E-state index contributed by atoms with van der Waals surface area (Å²) in [6.45, 7) is 0. The van der Waals surface area contributed by atoms with Crippen molar-refractivity contribution in [1.29, 1.82) is 0 Å². The monoisotopic (exact) mass is 436 g/mol. The molecule has 0 radical (unpaired) electrons. The third-order valence-corrected chi connectivity index (χ3v) is 5.68. The predicted molar refractivity (Wildman–Crippen MR) is 101 cm³/mol. The van der Waals surface area contributed by atoms with Crippen LogP contribution in [0.3, 0.4) is 0 Å².